The smallest absolute Gasteiger partial charge is 0.265 e. The van der Waals surface area contributed by atoms with Crippen molar-refractivity contribution < 1.29 is 9.53 Å². The van der Waals surface area contributed by atoms with Gasteiger partial charge in [0, 0.05) is 12.3 Å². The maximum absolute atomic E-state index is 11.6. The number of amides is 1. The van der Waals surface area contributed by atoms with E-state index >= 15 is 0 Å². The average molecular weight is 226 g/mol. The second-order valence-corrected chi connectivity index (χ2v) is 3.95. The molecule has 0 bridgehead atoms. The van der Waals surface area contributed by atoms with Crippen LogP contribution in [0.4, 0.5) is 5.69 Å². The highest BCUT2D eigenvalue weighted by Crippen LogP contribution is 2.30. The van der Waals surface area contributed by atoms with Crippen molar-refractivity contribution in [2.75, 3.05) is 11.2 Å². The molecule has 0 aromatic heterocycles. The summed E-state index contributed by atoms with van der Waals surface area (Å²) < 4.78 is 5.54. The number of hydrogen-bond acceptors (Lipinski definition) is 2. The van der Waals surface area contributed by atoms with Gasteiger partial charge in [0.1, 0.15) is 5.75 Å². The van der Waals surface area contributed by atoms with Crippen molar-refractivity contribution in [3.05, 3.63) is 23.8 Å². The highest BCUT2D eigenvalue weighted by atomic mass is 35.5. The molecule has 1 amide bonds. The largest absolute Gasteiger partial charge is 0.478 e. The third-order valence-electron chi connectivity index (χ3n) is 2.33. The van der Waals surface area contributed by atoms with Crippen LogP contribution in [0.2, 0.25) is 0 Å². The first kappa shape index (κ1) is 10.3. The number of halogens is 1. The summed E-state index contributed by atoms with van der Waals surface area (Å²) in [7, 11) is 0. The molecule has 1 N–H and O–H groups in total. The molecule has 1 aromatic rings. The van der Waals surface area contributed by atoms with Crippen LogP contribution in [0.3, 0.4) is 0 Å². The summed E-state index contributed by atoms with van der Waals surface area (Å²) in [4.78, 5) is 11.6. The van der Waals surface area contributed by atoms with E-state index in [0.717, 1.165) is 17.0 Å². The molecule has 1 atom stereocenters. The van der Waals surface area contributed by atoms with Crippen LogP contribution >= 0.6 is 11.6 Å². The second kappa shape index (κ2) is 4.11. The molecule has 0 saturated carbocycles. The topological polar surface area (TPSA) is 38.3 Å². The van der Waals surface area contributed by atoms with Gasteiger partial charge in [-0.2, -0.15) is 0 Å². The molecule has 0 saturated heterocycles. The number of alkyl halides is 1. The fourth-order valence-electron chi connectivity index (χ4n) is 1.55. The Morgan fingerprint density at radius 1 is 1.53 bits per heavy atom. The quantitative estimate of drug-likeness (QED) is 0.785. The van der Waals surface area contributed by atoms with Gasteiger partial charge >= 0.3 is 0 Å². The molecular formula is C11H12ClNO2. The highest BCUT2D eigenvalue weighted by molar-refractivity contribution is 6.18. The lowest BCUT2D eigenvalue weighted by Crippen LogP contribution is -2.37. The van der Waals surface area contributed by atoms with Gasteiger partial charge in [0.25, 0.3) is 5.91 Å². The van der Waals surface area contributed by atoms with Crippen LogP contribution in [0.5, 0.6) is 5.75 Å². The Labute approximate surface area is 93.4 Å². The van der Waals surface area contributed by atoms with Gasteiger partial charge < -0.3 is 10.1 Å². The van der Waals surface area contributed by atoms with Crippen molar-refractivity contribution in [1.29, 1.82) is 0 Å². The molecule has 1 heterocycles. The van der Waals surface area contributed by atoms with Gasteiger partial charge in [-0.15, -0.1) is 11.6 Å². The van der Waals surface area contributed by atoms with E-state index in [4.69, 9.17) is 16.3 Å². The van der Waals surface area contributed by atoms with Crippen molar-refractivity contribution in [3.8, 4) is 5.75 Å². The van der Waals surface area contributed by atoms with Gasteiger partial charge in [-0.3, -0.25) is 4.79 Å². The minimum absolute atomic E-state index is 0.117. The Balaban J connectivity index is 2.26. The standard InChI is InChI=1S/C11H12ClNO2/c1-7-2-3-9-8(6-7)13-11(14)10(15-9)4-5-12/h2-3,6,10H,4-5H2,1H3,(H,13,14). The Morgan fingerprint density at radius 2 is 2.33 bits per heavy atom. The van der Waals surface area contributed by atoms with E-state index in [2.05, 4.69) is 5.32 Å². The Kier molecular flexibility index (Phi) is 2.82. The normalized spacial score (nSPS) is 19.1. The predicted octanol–water partition coefficient (Wildman–Crippen LogP) is 2.32. The van der Waals surface area contributed by atoms with Crippen LogP contribution < -0.4 is 10.1 Å². The zero-order valence-electron chi connectivity index (χ0n) is 8.42. The minimum atomic E-state index is -0.460. The molecule has 0 radical (unpaired) electrons. The summed E-state index contributed by atoms with van der Waals surface area (Å²) in [6.07, 6.45) is 0.0680. The number of aryl methyl sites for hydroxylation is 1. The molecule has 2 rings (SSSR count). The number of carbonyl (C=O) groups excluding carboxylic acids is 1. The number of hydrogen-bond donors (Lipinski definition) is 1. The van der Waals surface area contributed by atoms with Gasteiger partial charge in [-0.1, -0.05) is 6.07 Å². The third-order valence-corrected chi connectivity index (χ3v) is 2.54. The van der Waals surface area contributed by atoms with Crippen LogP contribution in [0.25, 0.3) is 0 Å². The molecule has 1 aromatic carbocycles. The van der Waals surface area contributed by atoms with Gasteiger partial charge in [0.2, 0.25) is 0 Å². The van der Waals surface area contributed by atoms with Crippen molar-refractivity contribution >= 4 is 23.2 Å². The first-order valence-electron chi connectivity index (χ1n) is 4.85. The van der Waals surface area contributed by atoms with Crippen LogP contribution in [-0.4, -0.2) is 17.9 Å². The number of fused-ring (bicyclic) bond motifs is 1. The summed E-state index contributed by atoms with van der Waals surface area (Å²) in [5, 5.41) is 2.81. The first-order chi connectivity index (χ1) is 7.20. The molecule has 1 unspecified atom stereocenters. The molecule has 3 nitrogen and oxygen atoms in total. The van der Waals surface area contributed by atoms with Crippen molar-refractivity contribution in [2.24, 2.45) is 0 Å². The van der Waals surface area contributed by atoms with E-state index in [1.165, 1.54) is 0 Å². The van der Waals surface area contributed by atoms with Gasteiger partial charge in [-0.25, -0.2) is 0 Å². The number of rotatable bonds is 2. The average Bonchev–Trinajstić information content (AvgIpc) is 2.20. The van der Waals surface area contributed by atoms with Gasteiger partial charge in [-0.05, 0) is 24.6 Å². The molecule has 0 aliphatic carbocycles. The van der Waals surface area contributed by atoms with Crippen molar-refractivity contribution in [2.45, 2.75) is 19.4 Å². The first-order valence-corrected chi connectivity index (χ1v) is 5.38. The van der Waals surface area contributed by atoms with Crippen molar-refractivity contribution in [1.82, 2.24) is 0 Å². The number of anilines is 1. The fraction of sp³-hybridized carbons (Fsp3) is 0.364. The molecule has 80 valence electrons. The van der Waals surface area contributed by atoms with E-state index in [0.29, 0.717) is 12.3 Å². The lowest BCUT2D eigenvalue weighted by atomic mass is 10.1. The zero-order chi connectivity index (χ0) is 10.8. The van der Waals surface area contributed by atoms with Gasteiger partial charge in [0.15, 0.2) is 6.10 Å². The monoisotopic (exact) mass is 225 g/mol. The zero-order valence-corrected chi connectivity index (χ0v) is 9.17. The van der Waals surface area contributed by atoms with E-state index in [9.17, 15) is 4.79 Å². The van der Waals surface area contributed by atoms with Crippen LogP contribution in [0.15, 0.2) is 18.2 Å². The van der Waals surface area contributed by atoms with E-state index in [1.807, 2.05) is 25.1 Å². The molecule has 0 fully saturated rings. The molecule has 1 aliphatic rings. The Bertz CT molecular complexity index is 392. The maximum atomic E-state index is 11.6. The molecule has 0 spiro atoms. The maximum Gasteiger partial charge on any atom is 0.265 e. The molecule has 15 heavy (non-hydrogen) atoms. The number of benzene rings is 1. The summed E-state index contributed by atoms with van der Waals surface area (Å²) in [5.41, 5.74) is 1.83. The summed E-state index contributed by atoms with van der Waals surface area (Å²) >= 11 is 5.59. The number of ether oxygens (including phenoxy) is 1. The van der Waals surface area contributed by atoms with Crippen LogP contribution in [0.1, 0.15) is 12.0 Å². The Hall–Kier alpha value is -1.22. The Morgan fingerprint density at radius 3 is 3.07 bits per heavy atom. The van der Waals surface area contributed by atoms with Crippen molar-refractivity contribution in [3.63, 3.8) is 0 Å². The molecule has 4 heteroatoms. The number of nitrogens with one attached hydrogen (secondary N) is 1. The van der Waals surface area contributed by atoms with Crippen LogP contribution in [-0.2, 0) is 4.79 Å². The predicted molar refractivity (Wildman–Crippen MR) is 59.6 cm³/mol. The van der Waals surface area contributed by atoms with E-state index < -0.39 is 6.10 Å². The SMILES string of the molecule is Cc1ccc2c(c1)NC(=O)C(CCCl)O2. The second-order valence-electron chi connectivity index (χ2n) is 3.57. The summed E-state index contributed by atoms with van der Waals surface area (Å²) in [6, 6.07) is 5.71. The van der Waals surface area contributed by atoms with E-state index in [-0.39, 0.29) is 5.91 Å². The third kappa shape index (κ3) is 2.07. The van der Waals surface area contributed by atoms with E-state index in [1.54, 1.807) is 0 Å². The van der Waals surface area contributed by atoms with Gasteiger partial charge in [0.05, 0.1) is 5.69 Å². The molecule has 1 aliphatic heterocycles. The summed E-state index contributed by atoms with van der Waals surface area (Å²) in [6.45, 7) is 1.97. The summed E-state index contributed by atoms with van der Waals surface area (Å²) in [5.74, 6) is 1.02. The molecular weight excluding hydrogens is 214 g/mol. The number of carbonyl (C=O) groups is 1. The highest BCUT2D eigenvalue weighted by Gasteiger charge is 2.26. The van der Waals surface area contributed by atoms with Crippen LogP contribution in [0, 0.1) is 6.92 Å². The fourth-order valence-corrected chi connectivity index (χ4v) is 1.75. The minimum Gasteiger partial charge on any atom is -0.478 e. The lowest BCUT2D eigenvalue weighted by Gasteiger charge is -2.25. The lowest BCUT2D eigenvalue weighted by molar-refractivity contribution is -0.123.